The molecule has 134 valence electrons. The average Bonchev–Trinajstić information content (AvgIpc) is 2.54. The van der Waals surface area contributed by atoms with Crippen molar-refractivity contribution >= 4 is 17.3 Å². The van der Waals surface area contributed by atoms with Gasteiger partial charge in [-0.2, -0.15) is 0 Å². The lowest BCUT2D eigenvalue weighted by Crippen LogP contribution is -2.16. The smallest absolute Gasteiger partial charge is 0.337 e. The van der Waals surface area contributed by atoms with Gasteiger partial charge in [0, 0.05) is 11.4 Å². The maximum atomic E-state index is 13.2. The van der Waals surface area contributed by atoms with Gasteiger partial charge in [-0.1, -0.05) is 32.0 Å². The molecule has 0 aliphatic carbocycles. The molecular formula is C19H22F2N2O2. The van der Waals surface area contributed by atoms with Crippen LogP contribution in [-0.4, -0.2) is 22.0 Å². The first kappa shape index (κ1) is 18.8. The number of nitrogens with zero attached hydrogens (tertiary/aromatic N) is 1. The van der Waals surface area contributed by atoms with E-state index in [1.807, 2.05) is 24.3 Å². The summed E-state index contributed by atoms with van der Waals surface area (Å²) < 4.78 is 26.3. The van der Waals surface area contributed by atoms with E-state index in [1.54, 1.807) is 0 Å². The predicted molar refractivity (Wildman–Crippen MR) is 94.0 cm³/mol. The van der Waals surface area contributed by atoms with Crippen LogP contribution in [0.5, 0.6) is 0 Å². The molecule has 0 aliphatic rings. The van der Waals surface area contributed by atoms with Crippen LogP contribution in [0, 0.1) is 0 Å². The molecule has 0 saturated heterocycles. The summed E-state index contributed by atoms with van der Waals surface area (Å²) in [4.78, 5) is 15.5. The topological polar surface area (TPSA) is 62.2 Å². The van der Waals surface area contributed by atoms with Crippen molar-refractivity contribution in [2.45, 2.75) is 45.5 Å². The summed E-state index contributed by atoms with van der Waals surface area (Å²) >= 11 is 0. The number of hydrogen-bond acceptors (Lipinski definition) is 3. The van der Waals surface area contributed by atoms with Gasteiger partial charge in [-0.3, -0.25) is 4.98 Å². The minimum Gasteiger partial charge on any atom is -0.478 e. The molecule has 2 N–H and O–H groups in total. The second-order valence-electron chi connectivity index (χ2n) is 6.29. The van der Waals surface area contributed by atoms with E-state index < -0.39 is 18.3 Å². The number of halogens is 2. The van der Waals surface area contributed by atoms with E-state index in [0.717, 1.165) is 24.6 Å². The number of hydrogen-bond donors (Lipinski definition) is 2. The minimum atomic E-state index is -2.94. The third-order valence-corrected chi connectivity index (χ3v) is 4.06. The molecule has 2 aromatic rings. The standard InChI is InChI=1S/C19H22F2N2O2/c1-4-12(2)14-7-5-6-8-16(14)23-17-11-22-13(10-19(3,20)21)9-15(17)18(24)25/h5-9,11-12,23H,4,10H2,1-3H3,(H,24,25)/t12-/m0/s1. The summed E-state index contributed by atoms with van der Waals surface area (Å²) in [6.45, 7) is 4.94. The Balaban J connectivity index is 2.39. The van der Waals surface area contributed by atoms with Crippen molar-refractivity contribution < 1.29 is 18.7 Å². The van der Waals surface area contributed by atoms with Crippen LogP contribution in [0.4, 0.5) is 20.2 Å². The highest BCUT2D eigenvalue weighted by Crippen LogP contribution is 2.30. The van der Waals surface area contributed by atoms with Gasteiger partial charge < -0.3 is 10.4 Å². The minimum absolute atomic E-state index is 0.0469. The number of aromatic nitrogens is 1. The van der Waals surface area contributed by atoms with E-state index >= 15 is 0 Å². The maximum absolute atomic E-state index is 13.2. The Bertz CT molecular complexity index is 757. The predicted octanol–water partition coefficient (Wildman–Crippen LogP) is 5.23. The Morgan fingerprint density at radius 3 is 2.60 bits per heavy atom. The summed E-state index contributed by atoms with van der Waals surface area (Å²) in [6.07, 6.45) is 1.64. The Labute approximate surface area is 145 Å². The van der Waals surface area contributed by atoms with Crippen molar-refractivity contribution in [3.8, 4) is 0 Å². The van der Waals surface area contributed by atoms with Crippen LogP contribution in [0.2, 0.25) is 0 Å². The van der Waals surface area contributed by atoms with Gasteiger partial charge in [-0.05, 0) is 37.0 Å². The highest BCUT2D eigenvalue weighted by Gasteiger charge is 2.24. The number of aromatic carboxylic acids is 1. The Morgan fingerprint density at radius 1 is 1.32 bits per heavy atom. The van der Waals surface area contributed by atoms with Gasteiger partial charge in [0.25, 0.3) is 5.92 Å². The number of carbonyl (C=O) groups is 1. The molecule has 4 nitrogen and oxygen atoms in total. The lowest BCUT2D eigenvalue weighted by Gasteiger charge is -2.18. The molecule has 0 radical (unpaired) electrons. The average molecular weight is 348 g/mol. The quantitative estimate of drug-likeness (QED) is 0.719. The molecular weight excluding hydrogens is 326 g/mol. The van der Waals surface area contributed by atoms with E-state index in [1.165, 1.54) is 12.3 Å². The number of carboxylic acids is 1. The second kappa shape index (κ2) is 7.59. The number of carboxylic acid groups (broad SMARTS) is 1. The molecule has 0 aliphatic heterocycles. The molecule has 1 atom stereocenters. The molecule has 1 heterocycles. The molecule has 0 fully saturated rings. The maximum Gasteiger partial charge on any atom is 0.337 e. The van der Waals surface area contributed by atoms with Crippen molar-refractivity contribution in [2.75, 3.05) is 5.32 Å². The van der Waals surface area contributed by atoms with Crippen molar-refractivity contribution in [3.05, 3.63) is 53.3 Å². The van der Waals surface area contributed by atoms with Crippen molar-refractivity contribution in [3.63, 3.8) is 0 Å². The summed E-state index contributed by atoms with van der Waals surface area (Å²) in [5.74, 6) is -3.84. The summed E-state index contributed by atoms with van der Waals surface area (Å²) in [5, 5.41) is 12.5. The molecule has 1 aromatic carbocycles. The number of rotatable bonds is 7. The zero-order valence-corrected chi connectivity index (χ0v) is 14.5. The van der Waals surface area contributed by atoms with Crippen LogP contribution < -0.4 is 5.32 Å². The highest BCUT2D eigenvalue weighted by molar-refractivity contribution is 5.95. The van der Waals surface area contributed by atoms with Gasteiger partial charge in [0.2, 0.25) is 0 Å². The first-order valence-electron chi connectivity index (χ1n) is 8.17. The van der Waals surface area contributed by atoms with Crippen LogP contribution in [0.25, 0.3) is 0 Å². The van der Waals surface area contributed by atoms with Gasteiger partial charge in [0.15, 0.2) is 0 Å². The zero-order valence-electron chi connectivity index (χ0n) is 14.5. The largest absolute Gasteiger partial charge is 0.478 e. The number of alkyl halides is 2. The molecule has 0 spiro atoms. The number of para-hydroxylation sites is 1. The fourth-order valence-corrected chi connectivity index (χ4v) is 2.60. The normalized spacial score (nSPS) is 12.7. The zero-order chi connectivity index (χ0) is 18.6. The number of pyridine rings is 1. The Hall–Kier alpha value is -2.50. The van der Waals surface area contributed by atoms with Gasteiger partial charge >= 0.3 is 5.97 Å². The van der Waals surface area contributed by atoms with E-state index in [2.05, 4.69) is 24.1 Å². The number of nitrogens with one attached hydrogen (secondary N) is 1. The van der Waals surface area contributed by atoms with Crippen LogP contribution >= 0.6 is 0 Å². The van der Waals surface area contributed by atoms with E-state index in [0.29, 0.717) is 5.92 Å². The third kappa shape index (κ3) is 4.98. The molecule has 0 saturated carbocycles. The fraction of sp³-hybridized carbons (Fsp3) is 0.368. The molecule has 1 aromatic heterocycles. The third-order valence-electron chi connectivity index (χ3n) is 4.06. The molecule has 25 heavy (non-hydrogen) atoms. The summed E-state index contributed by atoms with van der Waals surface area (Å²) in [7, 11) is 0. The first-order chi connectivity index (χ1) is 11.7. The SMILES string of the molecule is CC[C@H](C)c1ccccc1Nc1cnc(CC(C)(F)F)cc1C(=O)O. The van der Waals surface area contributed by atoms with Crippen molar-refractivity contribution in [1.29, 1.82) is 0 Å². The van der Waals surface area contributed by atoms with Crippen molar-refractivity contribution in [1.82, 2.24) is 4.98 Å². The number of anilines is 2. The van der Waals surface area contributed by atoms with Crippen LogP contribution in [0.15, 0.2) is 36.5 Å². The molecule has 6 heteroatoms. The molecule has 0 amide bonds. The van der Waals surface area contributed by atoms with Gasteiger partial charge in [-0.25, -0.2) is 13.6 Å². The molecule has 0 unspecified atom stereocenters. The van der Waals surface area contributed by atoms with Crippen molar-refractivity contribution in [2.24, 2.45) is 0 Å². The van der Waals surface area contributed by atoms with E-state index in [-0.39, 0.29) is 16.9 Å². The Morgan fingerprint density at radius 2 is 2.00 bits per heavy atom. The van der Waals surface area contributed by atoms with Gasteiger partial charge in [-0.15, -0.1) is 0 Å². The van der Waals surface area contributed by atoms with Crippen LogP contribution in [-0.2, 0) is 6.42 Å². The van der Waals surface area contributed by atoms with E-state index in [4.69, 9.17) is 0 Å². The number of benzene rings is 1. The highest BCUT2D eigenvalue weighted by atomic mass is 19.3. The monoisotopic (exact) mass is 348 g/mol. The molecule has 0 bridgehead atoms. The Kier molecular flexibility index (Phi) is 5.72. The summed E-state index contributed by atoms with van der Waals surface area (Å²) in [6, 6.07) is 8.83. The van der Waals surface area contributed by atoms with Crippen LogP contribution in [0.3, 0.4) is 0 Å². The van der Waals surface area contributed by atoms with Gasteiger partial charge in [0.05, 0.1) is 23.9 Å². The lowest BCUT2D eigenvalue weighted by atomic mass is 9.96. The van der Waals surface area contributed by atoms with Gasteiger partial charge in [0.1, 0.15) is 0 Å². The van der Waals surface area contributed by atoms with E-state index in [9.17, 15) is 18.7 Å². The lowest BCUT2D eigenvalue weighted by molar-refractivity contribution is 0.0215. The second-order valence-corrected chi connectivity index (χ2v) is 6.29. The first-order valence-corrected chi connectivity index (χ1v) is 8.17. The van der Waals surface area contributed by atoms with Crippen LogP contribution in [0.1, 0.15) is 54.7 Å². The molecule has 2 rings (SSSR count). The summed E-state index contributed by atoms with van der Waals surface area (Å²) in [5.41, 5.74) is 2.10. The fourth-order valence-electron chi connectivity index (χ4n) is 2.60.